The van der Waals surface area contributed by atoms with Gasteiger partial charge in [0, 0.05) is 5.56 Å². The molecule has 0 N–H and O–H groups in total. The smallest absolute Gasteiger partial charge is 0.161 e. The Kier molecular flexibility index (Phi) is 7.18. The summed E-state index contributed by atoms with van der Waals surface area (Å²) in [7, 11) is 0. The molecule has 0 radical (unpaired) electrons. The fourth-order valence-corrected chi connectivity index (χ4v) is 1.77. The minimum atomic E-state index is 0.541. The Morgan fingerprint density at radius 1 is 1.25 bits per heavy atom. The predicted octanol–water partition coefficient (Wildman–Crippen LogP) is 4.19. The molecular formula is C17H22O3. The van der Waals surface area contributed by atoms with Crippen molar-refractivity contribution in [3.8, 4) is 11.5 Å². The molecule has 1 aromatic carbocycles. The maximum absolute atomic E-state index is 10.8. The van der Waals surface area contributed by atoms with E-state index in [1.807, 2.05) is 19.9 Å². The number of allylic oxidation sites excluding steroid dienone is 3. The third-order valence-corrected chi connectivity index (χ3v) is 2.67. The SMILES string of the molecule is CC=CC(C)=CCCOc1ccc(C=O)cc1OCC. The number of hydrogen-bond acceptors (Lipinski definition) is 3. The summed E-state index contributed by atoms with van der Waals surface area (Å²) >= 11 is 0. The molecule has 0 aliphatic carbocycles. The summed E-state index contributed by atoms with van der Waals surface area (Å²) in [4.78, 5) is 10.8. The fourth-order valence-electron chi connectivity index (χ4n) is 1.77. The van der Waals surface area contributed by atoms with Crippen molar-refractivity contribution < 1.29 is 14.3 Å². The molecule has 0 unspecified atom stereocenters. The molecule has 108 valence electrons. The lowest BCUT2D eigenvalue weighted by Gasteiger charge is -2.11. The lowest BCUT2D eigenvalue weighted by atomic mass is 10.2. The molecule has 1 rings (SSSR count). The zero-order valence-electron chi connectivity index (χ0n) is 12.4. The molecule has 0 saturated carbocycles. The van der Waals surface area contributed by atoms with Gasteiger partial charge in [0.2, 0.25) is 0 Å². The molecule has 20 heavy (non-hydrogen) atoms. The van der Waals surface area contributed by atoms with Crippen LogP contribution in [-0.4, -0.2) is 19.5 Å². The summed E-state index contributed by atoms with van der Waals surface area (Å²) in [5.41, 5.74) is 1.81. The minimum Gasteiger partial charge on any atom is -0.490 e. The Balaban J connectivity index is 2.63. The van der Waals surface area contributed by atoms with Gasteiger partial charge in [-0.15, -0.1) is 0 Å². The number of rotatable bonds is 8. The average molecular weight is 274 g/mol. The first-order chi connectivity index (χ1) is 9.71. The van der Waals surface area contributed by atoms with E-state index in [1.165, 1.54) is 5.57 Å². The molecule has 0 atom stereocenters. The molecule has 0 aliphatic heterocycles. The van der Waals surface area contributed by atoms with Crippen molar-refractivity contribution in [3.63, 3.8) is 0 Å². The van der Waals surface area contributed by atoms with E-state index in [-0.39, 0.29) is 0 Å². The van der Waals surface area contributed by atoms with Crippen molar-refractivity contribution in [2.24, 2.45) is 0 Å². The largest absolute Gasteiger partial charge is 0.490 e. The van der Waals surface area contributed by atoms with Crippen LogP contribution in [0.25, 0.3) is 0 Å². The molecule has 0 bridgehead atoms. The molecule has 3 nitrogen and oxygen atoms in total. The number of carbonyl (C=O) groups excluding carboxylic acids is 1. The van der Waals surface area contributed by atoms with Gasteiger partial charge in [0.15, 0.2) is 11.5 Å². The Bertz CT molecular complexity index is 487. The number of ether oxygens (including phenoxy) is 2. The molecular weight excluding hydrogens is 252 g/mol. The molecule has 0 spiro atoms. The van der Waals surface area contributed by atoms with E-state index < -0.39 is 0 Å². The topological polar surface area (TPSA) is 35.5 Å². The molecule has 0 aromatic heterocycles. The van der Waals surface area contributed by atoms with Crippen molar-refractivity contribution in [3.05, 3.63) is 47.6 Å². The van der Waals surface area contributed by atoms with Gasteiger partial charge in [-0.3, -0.25) is 4.79 Å². The van der Waals surface area contributed by atoms with E-state index >= 15 is 0 Å². The van der Waals surface area contributed by atoms with Gasteiger partial charge in [0.1, 0.15) is 6.29 Å². The molecule has 0 aliphatic rings. The summed E-state index contributed by atoms with van der Waals surface area (Å²) in [6.07, 6.45) is 7.83. The van der Waals surface area contributed by atoms with Crippen LogP contribution in [0.15, 0.2) is 42.0 Å². The Morgan fingerprint density at radius 3 is 2.70 bits per heavy atom. The summed E-state index contributed by atoms with van der Waals surface area (Å²) in [6, 6.07) is 5.20. The number of benzene rings is 1. The first-order valence-electron chi connectivity index (χ1n) is 6.85. The maximum atomic E-state index is 10.8. The quantitative estimate of drug-likeness (QED) is 0.405. The first kappa shape index (κ1) is 16.0. The summed E-state index contributed by atoms with van der Waals surface area (Å²) in [5.74, 6) is 1.29. The van der Waals surface area contributed by atoms with E-state index in [9.17, 15) is 4.79 Å². The van der Waals surface area contributed by atoms with Gasteiger partial charge in [-0.1, -0.05) is 23.8 Å². The zero-order valence-corrected chi connectivity index (χ0v) is 12.4. The van der Waals surface area contributed by atoms with E-state index in [0.717, 1.165) is 12.7 Å². The van der Waals surface area contributed by atoms with Gasteiger partial charge in [-0.2, -0.15) is 0 Å². The number of carbonyl (C=O) groups is 1. The monoisotopic (exact) mass is 274 g/mol. The zero-order chi connectivity index (χ0) is 14.8. The van der Waals surface area contributed by atoms with E-state index in [1.54, 1.807) is 18.2 Å². The maximum Gasteiger partial charge on any atom is 0.161 e. The second-order valence-electron chi connectivity index (χ2n) is 4.34. The Labute approximate surface area is 120 Å². The Hall–Kier alpha value is -2.03. The molecule has 0 amide bonds. The highest BCUT2D eigenvalue weighted by Crippen LogP contribution is 2.28. The fraction of sp³-hybridized carbons (Fsp3) is 0.353. The number of aldehydes is 1. The van der Waals surface area contributed by atoms with Gasteiger partial charge in [0.25, 0.3) is 0 Å². The second kappa shape index (κ2) is 8.97. The minimum absolute atomic E-state index is 0.541. The highest BCUT2D eigenvalue weighted by atomic mass is 16.5. The van der Waals surface area contributed by atoms with E-state index in [2.05, 4.69) is 19.1 Å². The van der Waals surface area contributed by atoms with Crippen molar-refractivity contribution in [2.45, 2.75) is 27.2 Å². The van der Waals surface area contributed by atoms with Crippen LogP contribution < -0.4 is 9.47 Å². The average Bonchev–Trinajstić information content (AvgIpc) is 2.45. The summed E-state index contributed by atoms with van der Waals surface area (Å²) in [5, 5.41) is 0. The second-order valence-corrected chi connectivity index (χ2v) is 4.34. The molecule has 0 saturated heterocycles. The summed E-state index contributed by atoms with van der Waals surface area (Å²) in [6.45, 7) is 7.08. The normalized spacial score (nSPS) is 11.7. The van der Waals surface area contributed by atoms with Gasteiger partial charge < -0.3 is 9.47 Å². The van der Waals surface area contributed by atoms with Crippen LogP contribution in [-0.2, 0) is 0 Å². The van der Waals surface area contributed by atoms with Crippen molar-refractivity contribution in [1.29, 1.82) is 0 Å². The third kappa shape index (κ3) is 5.31. The lowest BCUT2D eigenvalue weighted by molar-refractivity contribution is 0.112. The van der Waals surface area contributed by atoms with Crippen LogP contribution in [0.4, 0.5) is 0 Å². The lowest BCUT2D eigenvalue weighted by Crippen LogP contribution is -2.01. The Morgan fingerprint density at radius 2 is 2.05 bits per heavy atom. The predicted molar refractivity (Wildman–Crippen MR) is 81.7 cm³/mol. The highest BCUT2D eigenvalue weighted by Gasteiger charge is 2.05. The van der Waals surface area contributed by atoms with Gasteiger partial charge in [0.05, 0.1) is 13.2 Å². The van der Waals surface area contributed by atoms with Crippen molar-refractivity contribution in [1.82, 2.24) is 0 Å². The van der Waals surface area contributed by atoms with Gasteiger partial charge in [-0.05, 0) is 45.4 Å². The van der Waals surface area contributed by atoms with Gasteiger partial charge >= 0.3 is 0 Å². The van der Waals surface area contributed by atoms with Crippen LogP contribution in [0.2, 0.25) is 0 Å². The highest BCUT2D eigenvalue weighted by molar-refractivity contribution is 5.76. The van der Waals surface area contributed by atoms with Crippen LogP contribution in [0.5, 0.6) is 11.5 Å². The molecule has 0 heterocycles. The van der Waals surface area contributed by atoms with Gasteiger partial charge in [-0.25, -0.2) is 0 Å². The van der Waals surface area contributed by atoms with E-state index in [4.69, 9.17) is 9.47 Å². The third-order valence-electron chi connectivity index (χ3n) is 2.67. The van der Waals surface area contributed by atoms with Crippen LogP contribution >= 0.6 is 0 Å². The van der Waals surface area contributed by atoms with Crippen molar-refractivity contribution >= 4 is 6.29 Å². The van der Waals surface area contributed by atoms with Crippen molar-refractivity contribution in [2.75, 3.05) is 13.2 Å². The molecule has 0 fully saturated rings. The first-order valence-corrected chi connectivity index (χ1v) is 6.85. The van der Waals surface area contributed by atoms with Crippen LogP contribution in [0, 0.1) is 0 Å². The number of hydrogen-bond donors (Lipinski definition) is 0. The van der Waals surface area contributed by atoms with Crippen LogP contribution in [0.1, 0.15) is 37.6 Å². The standard InChI is InChI=1S/C17H22O3/c1-4-7-14(3)8-6-11-20-16-10-9-15(13-18)12-17(16)19-5-2/h4,7-10,12-13H,5-6,11H2,1-3H3. The van der Waals surface area contributed by atoms with Crippen LogP contribution in [0.3, 0.4) is 0 Å². The molecule has 1 aromatic rings. The summed E-state index contributed by atoms with van der Waals surface area (Å²) < 4.78 is 11.2. The molecule has 3 heteroatoms. The van der Waals surface area contributed by atoms with E-state index in [0.29, 0.717) is 30.3 Å².